The topological polar surface area (TPSA) is 75.4 Å². The summed E-state index contributed by atoms with van der Waals surface area (Å²) in [6.07, 6.45) is 1.18. The van der Waals surface area contributed by atoms with E-state index in [2.05, 4.69) is 45.7 Å². The van der Waals surface area contributed by atoms with Gasteiger partial charge in [-0.15, -0.1) is 0 Å². The fourth-order valence-electron chi connectivity index (χ4n) is 3.79. The van der Waals surface area contributed by atoms with Crippen molar-refractivity contribution < 1.29 is 13.6 Å². The lowest BCUT2D eigenvalue weighted by molar-refractivity contribution is 0.271. The first-order chi connectivity index (χ1) is 14.0. The van der Waals surface area contributed by atoms with Crippen LogP contribution in [0.3, 0.4) is 0 Å². The van der Waals surface area contributed by atoms with Crippen LogP contribution in [0.15, 0.2) is 49.7 Å². The molecule has 1 aromatic carbocycles. The standard InChI is InChI=1S/C22H22BrN3O3/c1-14-9-15(2)12-26(11-14)22-19(10-24)25-21(29-22)20-8-7-18(28-20)13-27-17-5-3-16(23)4-6-17/h3-8,14-15H,9,11-13H2,1-2H3/t14-,15-/m0/s1. The number of nitrogens with zero attached hydrogens (tertiary/aromatic N) is 3. The largest absolute Gasteiger partial charge is 0.486 e. The molecule has 1 aliphatic heterocycles. The molecule has 2 aromatic heterocycles. The Hall–Kier alpha value is -2.72. The molecule has 0 N–H and O–H groups in total. The van der Waals surface area contributed by atoms with E-state index in [1.807, 2.05) is 30.3 Å². The summed E-state index contributed by atoms with van der Waals surface area (Å²) >= 11 is 3.40. The third kappa shape index (κ3) is 4.48. The Bertz CT molecular complexity index is 1010. The van der Waals surface area contributed by atoms with E-state index in [4.69, 9.17) is 13.6 Å². The van der Waals surface area contributed by atoms with Gasteiger partial charge in [0.05, 0.1) is 0 Å². The summed E-state index contributed by atoms with van der Waals surface area (Å²) in [6, 6.07) is 13.4. The Balaban J connectivity index is 1.50. The average Bonchev–Trinajstić information content (AvgIpc) is 3.33. The molecule has 3 aromatic rings. The molecule has 6 nitrogen and oxygen atoms in total. The Morgan fingerprint density at radius 1 is 1.14 bits per heavy atom. The molecule has 3 heterocycles. The van der Waals surface area contributed by atoms with Crippen LogP contribution in [-0.4, -0.2) is 18.1 Å². The first-order valence-electron chi connectivity index (χ1n) is 9.65. The van der Waals surface area contributed by atoms with Crippen LogP contribution < -0.4 is 9.64 Å². The molecule has 0 aliphatic carbocycles. The number of furan rings is 1. The van der Waals surface area contributed by atoms with Crippen molar-refractivity contribution in [2.45, 2.75) is 26.9 Å². The summed E-state index contributed by atoms with van der Waals surface area (Å²) in [7, 11) is 0. The second kappa shape index (κ2) is 8.34. The maximum atomic E-state index is 9.52. The summed E-state index contributed by atoms with van der Waals surface area (Å²) in [5, 5.41) is 9.52. The lowest BCUT2D eigenvalue weighted by atomic mass is 9.92. The van der Waals surface area contributed by atoms with Gasteiger partial charge in [-0.25, -0.2) is 0 Å². The van der Waals surface area contributed by atoms with Gasteiger partial charge >= 0.3 is 0 Å². The Kier molecular flexibility index (Phi) is 5.63. The molecule has 0 saturated carbocycles. The van der Waals surface area contributed by atoms with Crippen LogP contribution >= 0.6 is 15.9 Å². The summed E-state index contributed by atoms with van der Waals surface area (Å²) < 4.78 is 18.5. The highest BCUT2D eigenvalue weighted by atomic mass is 79.9. The van der Waals surface area contributed by atoms with Gasteiger partial charge < -0.3 is 18.5 Å². The predicted octanol–water partition coefficient (Wildman–Crippen LogP) is 5.63. The van der Waals surface area contributed by atoms with E-state index in [0.717, 1.165) is 23.3 Å². The first-order valence-corrected chi connectivity index (χ1v) is 10.4. The van der Waals surface area contributed by atoms with Gasteiger partial charge in [0.1, 0.15) is 24.2 Å². The second-order valence-corrected chi connectivity index (χ2v) is 8.56. The Morgan fingerprint density at radius 2 is 1.86 bits per heavy atom. The first kappa shape index (κ1) is 19.6. The van der Waals surface area contributed by atoms with Crippen molar-refractivity contribution in [2.24, 2.45) is 11.8 Å². The van der Waals surface area contributed by atoms with Gasteiger partial charge in [-0.05, 0) is 54.7 Å². The van der Waals surface area contributed by atoms with E-state index in [1.54, 1.807) is 6.07 Å². The molecular formula is C22H22BrN3O3. The molecule has 1 fully saturated rings. The van der Waals surface area contributed by atoms with Crippen LogP contribution in [0.5, 0.6) is 5.75 Å². The monoisotopic (exact) mass is 455 g/mol. The number of nitriles is 1. The van der Waals surface area contributed by atoms with Gasteiger partial charge in [0.25, 0.3) is 5.89 Å². The van der Waals surface area contributed by atoms with Crippen LogP contribution in [0.25, 0.3) is 11.7 Å². The number of oxazole rings is 1. The number of piperidine rings is 1. The molecule has 0 unspecified atom stereocenters. The Labute approximate surface area is 178 Å². The number of aromatic nitrogens is 1. The number of benzene rings is 1. The number of hydrogen-bond acceptors (Lipinski definition) is 6. The van der Waals surface area contributed by atoms with Gasteiger partial charge in [0.2, 0.25) is 11.6 Å². The zero-order valence-corrected chi connectivity index (χ0v) is 18.0. The molecule has 1 saturated heterocycles. The SMILES string of the molecule is C[C@H]1C[C@H](C)CN(c2oc(-c3ccc(COc4ccc(Br)cc4)o3)nc2C#N)C1. The number of rotatable bonds is 5. The van der Waals surface area contributed by atoms with Crippen molar-refractivity contribution in [3.63, 3.8) is 0 Å². The summed E-state index contributed by atoms with van der Waals surface area (Å²) in [5.41, 5.74) is 0.297. The van der Waals surface area contributed by atoms with Crippen molar-refractivity contribution in [1.29, 1.82) is 5.26 Å². The van der Waals surface area contributed by atoms with E-state index in [1.165, 1.54) is 6.42 Å². The van der Waals surface area contributed by atoms with E-state index in [9.17, 15) is 5.26 Å². The van der Waals surface area contributed by atoms with Gasteiger partial charge in [-0.2, -0.15) is 10.2 Å². The minimum atomic E-state index is 0.293. The average molecular weight is 456 g/mol. The quantitative estimate of drug-likeness (QED) is 0.495. The number of anilines is 1. The molecule has 0 amide bonds. The summed E-state index contributed by atoms with van der Waals surface area (Å²) in [6.45, 7) is 6.45. The molecule has 0 bridgehead atoms. The third-order valence-electron chi connectivity index (χ3n) is 4.94. The zero-order valence-electron chi connectivity index (χ0n) is 16.4. The molecule has 7 heteroatoms. The minimum Gasteiger partial charge on any atom is -0.486 e. The van der Waals surface area contributed by atoms with Gasteiger partial charge in [-0.3, -0.25) is 0 Å². The smallest absolute Gasteiger partial charge is 0.266 e. The molecule has 0 radical (unpaired) electrons. The van der Waals surface area contributed by atoms with Crippen molar-refractivity contribution in [3.05, 3.63) is 52.3 Å². The van der Waals surface area contributed by atoms with E-state index >= 15 is 0 Å². The van der Waals surface area contributed by atoms with Gasteiger partial charge in [-0.1, -0.05) is 29.8 Å². The molecule has 2 atom stereocenters. The number of hydrogen-bond donors (Lipinski definition) is 0. The van der Waals surface area contributed by atoms with Crippen LogP contribution in [0.1, 0.15) is 31.7 Å². The molecular weight excluding hydrogens is 434 g/mol. The minimum absolute atomic E-state index is 0.293. The molecule has 4 rings (SSSR count). The van der Waals surface area contributed by atoms with E-state index < -0.39 is 0 Å². The van der Waals surface area contributed by atoms with Gasteiger partial charge in [0.15, 0.2) is 5.76 Å². The normalized spacial score (nSPS) is 19.2. The summed E-state index contributed by atoms with van der Waals surface area (Å²) in [4.78, 5) is 6.48. The van der Waals surface area contributed by atoms with Crippen LogP contribution in [0.2, 0.25) is 0 Å². The summed E-state index contributed by atoms with van der Waals surface area (Å²) in [5.74, 6) is 3.84. The fourth-order valence-corrected chi connectivity index (χ4v) is 4.05. The highest BCUT2D eigenvalue weighted by molar-refractivity contribution is 9.10. The predicted molar refractivity (Wildman–Crippen MR) is 113 cm³/mol. The Morgan fingerprint density at radius 3 is 2.55 bits per heavy atom. The number of halogens is 1. The fraction of sp³-hybridized carbons (Fsp3) is 0.364. The molecule has 0 spiro atoms. The maximum Gasteiger partial charge on any atom is 0.266 e. The van der Waals surface area contributed by atoms with Crippen molar-refractivity contribution in [3.8, 4) is 23.5 Å². The van der Waals surface area contributed by atoms with Crippen LogP contribution in [0, 0.1) is 23.2 Å². The second-order valence-electron chi connectivity index (χ2n) is 7.64. The number of ether oxygens (including phenoxy) is 1. The van der Waals surface area contributed by atoms with Gasteiger partial charge in [0, 0.05) is 17.6 Å². The molecule has 150 valence electrons. The van der Waals surface area contributed by atoms with E-state index in [0.29, 0.717) is 47.4 Å². The van der Waals surface area contributed by atoms with Crippen LogP contribution in [0.4, 0.5) is 5.88 Å². The van der Waals surface area contributed by atoms with Crippen molar-refractivity contribution in [1.82, 2.24) is 4.98 Å². The highest BCUT2D eigenvalue weighted by Crippen LogP contribution is 2.33. The highest BCUT2D eigenvalue weighted by Gasteiger charge is 2.28. The maximum absolute atomic E-state index is 9.52. The lowest BCUT2D eigenvalue weighted by Crippen LogP contribution is -2.38. The third-order valence-corrected chi connectivity index (χ3v) is 5.47. The molecule has 29 heavy (non-hydrogen) atoms. The molecule has 1 aliphatic rings. The lowest BCUT2D eigenvalue weighted by Gasteiger charge is -2.34. The van der Waals surface area contributed by atoms with E-state index in [-0.39, 0.29) is 0 Å². The van der Waals surface area contributed by atoms with Crippen LogP contribution in [-0.2, 0) is 6.61 Å². The zero-order chi connectivity index (χ0) is 20.4. The van der Waals surface area contributed by atoms with Crippen molar-refractivity contribution >= 4 is 21.8 Å². The van der Waals surface area contributed by atoms with Crippen molar-refractivity contribution in [2.75, 3.05) is 18.0 Å².